The van der Waals surface area contributed by atoms with Gasteiger partial charge >= 0.3 is 11.9 Å². The molecule has 15 heteroatoms. The molecule has 85 heavy (non-hydrogen) atoms. The molecule has 0 saturated carbocycles. The van der Waals surface area contributed by atoms with E-state index in [1.165, 1.54) is 16.7 Å². The molecular formula is C70H67N7O8. The highest BCUT2D eigenvalue weighted by Gasteiger charge is 2.24. The minimum absolute atomic E-state index is 0.0366. The number of fused-ring (bicyclic) bond motifs is 3. The van der Waals surface area contributed by atoms with Crippen LogP contribution in [-0.4, -0.2) is 97.3 Å². The van der Waals surface area contributed by atoms with Crippen molar-refractivity contribution < 1.29 is 38.4 Å². The van der Waals surface area contributed by atoms with Gasteiger partial charge in [0.2, 0.25) is 17.5 Å². The summed E-state index contributed by atoms with van der Waals surface area (Å²) in [5.74, 6) is 8.72. The van der Waals surface area contributed by atoms with Gasteiger partial charge in [0.05, 0.1) is 40.2 Å². The summed E-state index contributed by atoms with van der Waals surface area (Å²) in [5, 5.41) is 11.7. The Morgan fingerprint density at radius 3 is 1.16 bits per heavy atom. The largest absolute Gasteiger partial charge is 0.481 e. The maximum atomic E-state index is 13.1. The first kappa shape index (κ1) is 60.9. The van der Waals surface area contributed by atoms with E-state index in [9.17, 15) is 19.5 Å². The minimum Gasteiger partial charge on any atom is -0.481 e. The summed E-state index contributed by atoms with van der Waals surface area (Å²) in [4.78, 5) is 65.2. The molecule has 1 fully saturated rings. The molecule has 3 aromatic heterocycles. The number of hydrogen-bond acceptors (Lipinski definition) is 13. The average molecular weight is 1130 g/mol. The van der Waals surface area contributed by atoms with Gasteiger partial charge in [-0.1, -0.05) is 132 Å². The summed E-state index contributed by atoms with van der Waals surface area (Å²) < 4.78 is 21.7. The molecule has 0 unspecified atom stereocenters. The van der Waals surface area contributed by atoms with Gasteiger partial charge in [0.25, 0.3) is 5.91 Å². The van der Waals surface area contributed by atoms with Crippen molar-refractivity contribution in [3.63, 3.8) is 0 Å². The standard InChI is InChI=1S/C26H27N3O2.C23H22N2O3.C21H18N2O3/c1-4-16-31-21-12-13-23-22(17-21)24(20-10-8-19(9-11-20)18(2)3)28-25(27-23)26(30)29-14-6-5-7-15-29;1-5-13-28-18-11-12-20-19(14-18)21(25-22(24-20)23(26)27-6-2)17-9-7-16(8-10-17)15(3)4;1-4-11-26-16-9-10-18-17(12-16)19(23-20(22-18)21(24)25)15-7-5-14(6-8-15)13(2)3/h1,8-13,17-18H,5-7,14-16H2,2-3H3;1,7-12,14-15H,6,13H2,2-4H3;1,5-10,12-13H,11H2,2-3H3,(H,24,25). The number of carbonyl (C=O) groups excluding carboxylic acids is 2. The highest BCUT2D eigenvalue weighted by molar-refractivity contribution is 6.00. The second-order valence-corrected chi connectivity index (χ2v) is 20.9. The number of nitrogens with zero attached hydrogens (tertiary/aromatic N) is 7. The Labute approximate surface area is 496 Å². The van der Waals surface area contributed by atoms with Crippen LogP contribution in [0.25, 0.3) is 66.5 Å². The molecule has 9 aromatic rings. The lowest BCUT2D eigenvalue weighted by Gasteiger charge is -2.26. The molecule has 1 saturated heterocycles. The van der Waals surface area contributed by atoms with Crippen LogP contribution in [0.3, 0.4) is 0 Å². The van der Waals surface area contributed by atoms with Gasteiger partial charge in [-0.05, 0) is 115 Å². The number of carbonyl (C=O) groups is 3. The van der Waals surface area contributed by atoms with E-state index in [1.807, 2.05) is 65.6 Å². The minimum atomic E-state index is -1.17. The number of aromatic carboxylic acids is 1. The van der Waals surface area contributed by atoms with E-state index in [2.05, 4.69) is 121 Å². The molecule has 15 nitrogen and oxygen atoms in total. The molecule has 1 amide bonds. The van der Waals surface area contributed by atoms with Crippen LogP contribution in [0.4, 0.5) is 0 Å². The third kappa shape index (κ3) is 15.3. The van der Waals surface area contributed by atoms with Crippen LogP contribution < -0.4 is 14.2 Å². The zero-order chi connectivity index (χ0) is 60.6. The summed E-state index contributed by atoms with van der Waals surface area (Å²) >= 11 is 0. The molecule has 1 aliphatic rings. The van der Waals surface area contributed by atoms with E-state index < -0.39 is 11.9 Å². The van der Waals surface area contributed by atoms with Crippen LogP contribution in [0, 0.1) is 37.0 Å². The number of esters is 1. The summed E-state index contributed by atoms with van der Waals surface area (Å²) in [5.41, 5.74) is 10.1. The predicted molar refractivity (Wildman–Crippen MR) is 333 cm³/mol. The van der Waals surface area contributed by atoms with Crippen LogP contribution in [-0.2, 0) is 4.74 Å². The van der Waals surface area contributed by atoms with Crippen molar-refractivity contribution in [2.24, 2.45) is 0 Å². The fraction of sp³-hybridized carbons (Fsp3) is 0.271. The summed E-state index contributed by atoms with van der Waals surface area (Å²) in [6.45, 7) is 16.9. The maximum Gasteiger partial charge on any atom is 0.376 e. The van der Waals surface area contributed by atoms with Crippen LogP contribution in [0.2, 0.25) is 0 Å². The van der Waals surface area contributed by atoms with Crippen molar-refractivity contribution in [3.05, 3.63) is 162 Å². The number of carboxylic acid groups (broad SMARTS) is 1. The van der Waals surface area contributed by atoms with Gasteiger partial charge in [-0.15, -0.1) is 19.3 Å². The second-order valence-electron chi connectivity index (χ2n) is 20.9. The fourth-order valence-corrected chi connectivity index (χ4v) is 9.42. The molecule has 1 N–H and O–H groups in total. The molecule has 0 atom stereocenters. The second kappa shape index (κ2) is 28.7. The molecule has 0 bridgehead atoms. The van der Waals surface area contributed by atoms with E-state index in [-0.39, 0.29) is 49.8 Å². The van der Waals surface area contributed by atoms with Gasteiger partial charge in [0.15, 0.2) is 0 Å². The fourth-order valence-electron chi connectivity index (χ4n) is 9.42. The zero-order valence-corrected chi connectivity index (χ0v) is 48.9. The Morgan fingerprint density at radius 1 is 0.482 bits per heavy atom. The Balaban J connectivity index is 0.000000167. The third-order valence-corrected chi connectivity index (χ3v) is 14.0. The first-order valence-electron chi connectivity index (χ1n) is 28.2. The SMILES string of the molecule is C#CCOc1ccc2nc(C(=O)N3CCCCC3)nc(-c3ccc(C(C)C)cc3)c2c1.C#CCOc1ccc2nc(C(=O)O)nc(-c3ccc(C(C)C)cc3)c2c1.C#CCOc1ccc2nc(C(=O)OCC)nc(-c3ccc(C(C)C)cc3)c2c1. The zero-order valence-electron chi connectivity index (χ0n) is 48.9. The van der Waals surface area contributed by atoms with Crippen LogP contribution in [0.5, 0.6) is 17.2 Å². The topological polar surface area (TPSA) is 189 Å². The van der Waals surface area contributed by atoms with Crippen molar-refractivity contribution in [2.75, 3.05) is 39.5 Å². The van der Waals surface area contributed by atoms with Crippen molar-refractivity contribution in [2.45, 2.75) is 85.5 Å². The number of carboxylic acids is 1. The molecule has 0 aliphatic carbocycles. The number of ether oxygens (including phenoxy) is 4. The number of likely N-dealkylation sites (tertiary alicyclic amines) is 1. The molecule has 10 rings (SSSR count). The van der Waals surface area contributed by atoms with Crippen molar-refractivity contribution in [1.29, 1.82) is 0 Å². The van der Waals surface area contributed by atoms with Crippen LogP contribution in [0.15, 0.2) is 127 Å². The Morgan fingerprint density at radius 2 is 0.824 bits per heavy atom. The van der Waals surface area contributed by atoms with Crippen molar-refractivity contribution >= 4 is 50.6 Å². The number of terminal acetylenes is 3. The lowest BCUT2D eigenvalue weighted by atomic mass is 9.99. The highest BCUT2D eigenvalue weighted by atomic mass is 16.5. The Kier molecular flexibility index (Phi) is 20.6. The van der Waals surface area contributed by atoms with Gasteiger partial charge in [0.1, 0.15) is 37.1 Å². The van der Waals surface area contributed by atoms with Crippen molar-refractivity contribution in [3.8, 4) is 88.1 Å². The van der Waals surface area contributed by atoms with E-state index in [4.69, 9.17) is 43.2 Å². The maximum absolute atomic E-state index is 13.1. The quantitative estimate of drug-likeness (QED) is 0.0710. The highest BCUT2D eigenvalue weighted by Crippen LogP contribution is 2.34. The lowest BCUT2D eigenvalue weighted by molar-refractivity contribution is 0.0511. The van der Waals surface area contributed by atoms with Gasteiger partial charge in [-0.25, -0.2) is 39.5 Å². The van der Waals surface area contributed by atoms with Gasteiger partial charge in [-0.3, -0.25) is 4.79 Å². The smallest absolute Gasteiger partial charge is 0.376 e. The summed E-state index contributed by atoms with van der Waals surface area (Å²) in [7, 11) is 0. The molecule has 4 heterocycles. The molecule has 0 spiro atoms. The molecule has 6 aromatic carbocycles. The monoisotopic (exact) mass is 1130 g/mol. The molecular weight excluding hydrogens is 1070 g/mol. The van der Waals surface area contributed by atoms with Crippen LogP contribution >= 0.6 is 0 Å². The number of aromatic nitrogens is 6. The molecule has 1 aliphatic heterocycles. The number of piperidine rings is 1. The van der Waals surface area contributed by atoms with E-state index in [0.29, 0.717) is 68.3 Å². The first-order chi connectivity index (χ1) is 41.1. The van der Waals surface area contributed by atoms with Gasteiger partial charge in [-0.2, -0.15) is 0 Å². The Bertz CT molecular complexity index is 3980. The normalized spacial score (nSPS) is 11.9. The Hall–Kier alpha value is -10.2. The van der Waals surface area contributed by atoms with E-state index >= 15 is 0 Å². The molecule has 430 valence electrons. The van der Waals surface area contributed by atoms with Crippen molar-refractivity contribution in [1.82, 2.24) is 34.8 Å². The average Bonchev–Trinajstić information content (AvgIpc) is 2.92. The van der Waals surface area contributed by atoms with Crippen LogP contribution in [0.1, 0.15) is 134 Å². The van der Waals surface area contributed by atoms with Gasteiger partial charge in [0, 0.05) is 45.9 Å². The lowest BCUT2D eigenvalue weighted by Crippen LogP contribution is -2.36. The number of rotatable bonds is 16. The number of benzene rings is 6. The van der Waals surface area contributed by atoms with Gasteiger partial charge < -0.3 is 29.0 Å². The summed E-state index contributed by atoms with van der Waals surface area (Å²) in [6.07, 6.45) is 19.1. The van der Waals surface area contributed by atoms with E-state index in [1.54, 1.807) is 37.3 Å². The first-order valence-corrected chi connectivity index (χ1v) is 28.2. The predicted octanol–water partition coefficient (Wildman–Crippen LogP) is 13.8. The molecule has 0 radical (unpaired) electrons. The number of hydrogen-bond donors (Lipinski definition) is 1. The third-order valence-electron chi connectivity index (χ3n) is 14.0. The summed E-state index contributed by atoms with van der Waals surface area (Å²) in [6, 6.07) is 40.6. The number of amides is 1. The van der Waals surface area contributed by atoms with E-state index in [0.717, 1.165) is 65.5 Å².